The molecule has 3 rings (SSSR count). The molecule has 2 fully saturated rings. The Morgan fingerprint density at radius 2 is 1.65 bits per heavy atom. The lowest BCUT2D eigenvalue weighted by atomic mass is 9.88. The van der Waals surface area contributed by atoms with Gasteiger partial charge < -0.3 is 9.80 Å². The Hall–Kier alpha value is -1.62. The van der Waals surface area contributed by atoms with Crippen molar-refractivity contribution in [1.82, 2.24) is 14.8 Å². The van der Waals surface area contributed by atoms with Crippen LogP contribution in [0.15, 0.2) is 18.3 Å². The van der Waals surface area contributed by atoms with Crippen molar-refractivity contribution in [2.45, 2.75) is 32.1 Å². The number of halogens is 1. The average molecular weight is 336 g/mol. The monoisotopic (exact) mass is 335 g/mol. The molecule has 5 nitrogen and oxygen atoms in total. The molecule has 124 valence electrons. The van der Waals surface area contributed by atoms with E-state index in [1.165, 1.54) is 12.6 Å². The van der Waals surface area contributed by atoms with Gasteiger partial charge in [0.05, 0.1) is 5.02 Å². The minimum atomic E-state index is -0.0913. The predicted octanol–water partition coefficient (Wildman–Crippen LogP) is 2.60. The van der Waals surface area contributed by atoms with Gasteiger partial charge in [-0.2, -0.15) is 0 Å². The quantitative estimate of drug-likeness (QED) is 0.834. The Kier molecular flexibility index (Phi) is 5.16. The molecule has 23 heavy (non-hydrogen) atoms. The minimum Gasteiger partial charge on any atom is -0.339 e. The van der Waals surface area contributed by atoms with Gasteiger partial charge >= 0.3 is 0 Å². The van der Waals surface area contributed by atoms with Gasteiger partial charge in [0.1, 0.15) is 5.69 Å². The summed E-state index contributed by atoms with van der Waals surface area (Å²) in [7, 11) is 0. The van der Waals surface area contributed by atoms with E-state index in [0.29, 0.717) is 36.9 Å². The number of amides is 2. The molecule has 1 aromatic rings. The second-order valence-electron chi connectivity index (χ2n) is 6.31. The van der Waals surface area contributed by atoms with Gasteiger partial charge in [-0.25, -0.2) is 4.98 Å². The van der Waals surface area contributed by atoms with E-state index in [1.807, 2.05) is 4.90 Å². The van der Waals surface area contributed by atoms with E-state index >= 15 is 0 Å². The van der Waals surface area contributed by atoms with E-state index < -0.39 is 0 Å². The number of carbonyl (C=O) groups is 2. The fourth-order valence-corrected chi connectivity index (χ4v) is 3.51. The minimum absolute atomic E-state index is 0.0913. The Balaban J connectivity index is 1.54. The molecular formula is C17H22ClN3O2. The van der Waals surface area contributed by atoms with Crippen LogP contribution in [-0.2, 0) is 4.79 Å². The van der Waals surface area contributed by atoms with Gasteiger partial charge in [-0.3, -0.25) is 9.59 Å². The molecule has 2 amide bonds. The van der Waals surface area contributed by atoms with Crippen LogP contribution in [0.2, 0.25) is 5.02 Å². The summed E-state index contributed by atoms with van der Waals surface area (Å²) >= 11 is 5.80. The average Bonchev–Trinajstić information content (AvgIpc) is 2.62. The number of hydrogen-bond donors (Lipinski definition) is 0. The second kappa shape index (κ2) is 7.30. The lowest BCUT2D eigenvalue weighted by Gasteiger charge is -2.37. The van der Waals surface area contributed by atoms with Crippen molar-refractivity contribution in [2.24, 2.45) is 5.92 Å². The highest BCUT2D eigenvalue weighted by molar-refractivity contribution is 6.30. The Morgan fingerprint density at radius 3 is 2.26 bits per heavy atom. The normalized spacial score (nSPS) is 19.7. The molecule has 0 N–H and O–H groups in total. The fourth-order valence-electron chi connectivity index (χ4n) is 3.40. The van der Waals surface area contributed by atoms with Gasteiger partial charge in [0.25, 0.3) is 5.91 Å². The molecule has 0 atom stereocenters. The number of pyridine rings is 1. The van der Waals surface area contributed by atoms with Crippen molar-refractivity contribution in [2.75, 3.05) is 26.2 Å². The lowest BCUT2D eigenvalue weighted by Crippen LogP contribution is -2.52. The van der Waals surface area contributed by atoms with E-state index in [9.17, 15) is 9.59 Å². The zero-order chi connectivity index (χ0) is 16.2. The van der Waals surface area contributed by atoms with Crippen molar-refractivity contribution < 1.29 is 9.59 Å². The van der Waals surface area contributed by atoms with Gasteiger partial charge in [-0.1, -0.05) is 30.9 Å². The van der Waals surface area contributed by atoms with Gasteiger partial charge in [-0.05, 0) is 25.0 Å². The fraction of sp³-hybridized carbons (Fsp3) is 0.588. The number of nitrogens with zero attached hydrogens (tertiary/aromatic N) is 3. The van der Waals surface area contributed by atoms with Crippen molar-refractivity contribution in [3.63, 3.8) is 0 Å². The summed E-state index contributed by atoms with van der Waals surface area (Å²) in [5.74, 6) is 0.386. The van der Waals surface area contributed by atoms with E-state index in [-0.39, 0.29) is 17.7 Å². The van der Waals surface area contributed by atoms with Crippen LogP contribution in [-0.4, -0.2) is 52.8 Å². The van der Waals surface area contributed by atoms with E-state index in [1.54, 1.807) is 17.0 Å². The maximum Gasteiger partial charge on any atom is 0.272 e. The topological polar surface area (TPSA) is 53.5 Å². The highest BCUT2D eigenvalue weighted by atomic mass is 35.5. The summed E-state index contributed by atoms with van der Waals surface area (Å²) in [5.41, 5.74) is 0.404. The van der Waals surface area contributed by atoms with Crippen LogP contribution in [0.4, 0.5) is 0 Å². The van der Waals surface area contributed by atoms with Crippen LogP contribution in [0.3, 0.4) is 0 Å². The molecule has 1 aromatic heterocycles. The van der Waals surface area contributed by atoms with Crippen LogP contribution < -0.4 is 0 Å². The van der Waals surface area contributed by atoms with Gasteiger partial charge in [0, 0.05) is 38.3 Å². The van der Waals surface area contributed by atoms with E-state index in [4.69, 9.17) is 11.6 Å². The number of rotatable bonds is 2. The smallest absolute Gasteiger partial charge is 0.272 e. The summed E-state index contributed by atoms with van der Waals surface area (Å²) in [5, 5.41) is 0.518. The SMILES string of the molecule is O=C(c1ccc(Cl)cn1)N1CCN(C(=O)C2CCCCC2)CC1. The molecule has 0 aromatic carbocycles. The van der Waals surface area contributed by atoms with E-state index in [0.717, 1.165) is 25.7 Å². The first-order valence-corrected chi connectivity index (χ1v) is 8.72. The number of aromatic nitrogens is 1. The van der Waals surface area contributed by atoms with Crippen molar-refractivity contribution in [3.8, 4) is 0 Å². The molecular weight excluding hydrogens is 314 g/mol. The van der Waals surface area contributed by atoms with Crippen LogP contribution >= 0.6 is 11.6 Å². The van der Waals surface area contributed by atoms with Crippen LogP contribution in [0.5, 0.6) is 0 Å². The van der Waals surface area contributed by atoms with Crippen molar-refractivity contribution >= 4 is 23.4 Å². The number of hydrogen-bond acceptors (Lipinski definition) is 3. The predicted molar refractivity (Wildman–Crippen MR) is 88.3 cm³/mol. The highest BCUT2D eigenvalue weighted by Gasteiger charge is 2.30. The molecule has 0 radical (unpaired) electrons. The first-order valence-electron chi connectivity index (χ1n) is 8.35. The lowest BCUT2D eigenvalue weighted by molar-refractivity contribution is -0.138. The van der Waals surface area contributed by atoms with Gasteiger partial charge in [0.2, 0.25) is 5.91 Å². The summed E-state index contributed by atoms with van der Waals surface area (Å²) in [6.45, 7) is 2.38. The molecule has 1 aliphatic heterocycles. The van der Waals surface area contributed by atoms with Crippen LogP contribution in [0.1, 0.15) is 42.6 Å². The molecule has 2 heterocycles. The molecule has 0 bridgehead atoms. The molecule has 0 unspecified atom stereocenters. The van der Waals surface area contributed by atoms with Crippen LogP contribution in [0.25, 0.3) is 0 Å². The van der Waals surface area contributed by atoms with Gasteiger partial charge in [0.15, 0.2) is 0 Å². The summed E-state index contributed by atoms with van der Waals surface area (Å²) in [6.07, 6.45) is 7.10. The zero-order valence-corrected chi connectivity index (χ0v) is 14.0. The third kappa shape index (κ3) is 3.83. The van der Waals surface area contributed by atoms with Crippen molar-refractivity contribution in [1.29, 1.82) is 0 Å². The maximum absolute atomic E-state index is 12.5. The summed E-state index contributed by atoms with van der Waals surface area (Å²) < 4.78 is 0. The summed E-state index contributed by atoms with van der Waals surface area (Å²) in [4.78, 5) is 32.7. The second-order valence-corrected chi connectivity index (χ2v) is 6.75. The first-order chi connectivity index (χ1) is 11.1. The Morgan fingerprint density at radius 1 is 1.00 bits per heavy atom. The highest BCUT2D eigenvalue weighted by Crippen LogP contribution is 2.26. The first kappa shape index (κ1) is 16.2. The van der Waals surface area contributed by atoms with Crippen LogP contribution in [0, 0.1) is 5.92 Å². The number of piperazine rings is 1. The Bertz CT molecular complexity index is 562. The summed E-state index contributed by atoms with van der Waals surface area (Å²) in [6, 6.07) is 3.31. The third-order valence-electron chi connectivity index (χ3n) is 4.78. The molecule has 1 saturated heterocycles. The molecule has 1 saturated carbocycles. The molecule has 0 spiro atoms. The maximum atomic E-state index is 12.5. The van der Waals surface area contributed by atoms with Gasteiger partial charge in [-0.15, -0.1) is 0 Å². The zero-order valence-electron chi connectivity index (χ0n) is 13.2. The Labute approximate surface area is 141 Å². The molecule has 1 aliphatic carbocycles. The number of carbonyl (C=O) groups excluding carboxylic acids is 2. The molecule has 2 aliphatic rings. The standard InChI is InChI=1S/C17H22ClN3O2/c18-14-6-7-15(19-12-14)17(23)21-10-8-20(9-11-21)16(22)13-4-2-1-3-5-13/h6-7,12-13H,1-5,8-11H2. The third-order valence-corrected chi connectivity index (χ3v) is 5.00. The van der Waals surface area contributed by atoms with Crippen molar-refractivity contribution in [3.05, 3.63) is 29.0 Å². The molecule has 6 heteroatoms. The van der Waals surface area contributed by atoms with E-state index in [2.05, 4.69) is 4.98 Å². The largest absolute Gasteiger partial charge is 0.339 e.